The maximum atomic E-state index is 11.3. The number of non-ortho nitro benzene ring substituents is 1. The van der Waals surface area contributed by atoms with Crippen LogP contribution in [0.25, 0.3) is 0 Å². The van der Waals surface area contributed by atoms with Gasteiger partial charge in [-0.15, -0.1) is 5.92 Å². The maximum absolute atomic E-state index is 11.3. The van der Waals surface area contributed by atoms with Crippen LogP contribution in [0.3, 0.4) is 0 Å². The van der Waals surface area contributed by atoms with Crippen molar-refractivity contribution >= 4 is 11.7 Å². The minimum Gasteiger partial charge on any atom is -0.449 e. The van der Waals surface area contributed by atoms with Crippen molar-refractivity contribution in [2.45, 2.75) is 6.92 Å². The van der Waals surface area contributed by atoms with E-state index in [0.29, 0.717) is 0 Å². The number of hydrogen-bond donors (Lipinski definition) is 0. The molecular weight excluding hydrogens is 210 g/mol. The van der Waals surface area contributed by atoms with E-state index in [4.69, 9.17) is 4.74 Å². The standard InChI is InChI=1S/C11H9NO4/c1-2-3-8-16-11(13)9-4-6-10(7-5-9)12(14)15/h4-7H,8H2,1H3. The number of nitro benzene ring substituents is 1. The molecule has 5 nitrogen and oxygen atoms in total. The van der Waals surface area contributed by atoms with E-state index in [0.717, 1.165) is 0 Å². The van der Waals surface area contributed by atoms with Crippen LogP contribution in [0.15, 0.2) is 24.3 Å². The fourth-order valence-electron chi connectivity index (χ4n) is 0.976. The quantitative estimate of drug-likeness (QED) is 0.336. The summed E-state index contributed by atoms with van der Waals surface area (Å²) in [7, 11) is 0. The zero-order valence-corrected chi connectivity index (χ0v) is 8.60. The highest BCUT2D eigenvalue weighted by Gasteiger charge is 2.09. The summed E-state index contributed by atoms with van der Waals surface area (Å²) in [6.45, 7) is 1.66. The van der Waals surface area contributed by atoms with Gasteiger partial charge in [-0.3, -0.25) is 10.1 Å². The van der Waals surface area contributed by atoms with Crippen LogP contribution in [0.4, 0.5) is 5.69 Å². The van der Waals surface area contributed by atoms with Crippen molar-refractivity contribution in [2.24, 2.45) is 0 Å². The largest absolute Gasteiger partial charge is 0.449 e. The molecule has 82 valence electrons. The Kier molecular flexibility index (Phi) is 4.04. The van der Waals surface area contributed by atoms with Crippen LogP contribution in [0.5, 0.6) is 0 Å². The van der Waals surface area contributed by atoms with Crippen LogP contribution in [0.2, 0.25) is 0 Å². The third-order valence-electron chi connectivity index (χ3n) is 1.77. The molecule has 16 heavy (non-hydrogen) atoms. The molecule has 5 heteroatoms. The molecule has 0 aromatic heterocycles. The number of ether oxygens (including phenoxy) is 1. The lowest BCUT2D eigenvalue weighted by molar-refractivity contribution is -0.384. The summed E-state index contributed by atoms with van der Waals surface area (Å²) < 4.78 is 4.79. The van der Waals surface area contributed by atoms with Crippen molar-refractivity contribution in [1.29, 1.82) is 0 Å². The second kappa shape index (κ2) is 5.51. The lowest BCUT2D eigenvalue weighted by Crippen LogP contribution is -2.05. The molecule has 1 aromatic carbocycles. The molecule has 1 aromatic rings. The van der Waals surface area contributed by atoms with E-state index < -0.39 is 10.9 Å². The average molecular weight is 219 g/mol. The Balaban J connectivity index is 2.69. The van der Waals surface area contributed by atoms with Crippen LogP contribution in [-0.2, 0) is 4.74 Å². The van der Waals surface area contributed by atoms with E-state index in [1.807, 2.05) is 0 Å². The van der Waals surface area contributed by atoms with Crippen molar-refractivity contribution < 1.29 is 14.5 Å². The van der Waals surface area contributed by atoms with Crippen molar-refractivity contribution in [3.63, 3.8) is 0 Å². The molecule has 0 saturated carbocycles. The van der Waals surface area contributed by atoms with Crippen LogP contribution in [0.1, 0.15) is 17.3 Å². The Morgan fingerprint density at radius 3 is 2.56 bits per heavy atom. The minimum absolute atomic E-state index is 0.0202. The second-order valence-corrected chi connectivity index (χ2v) is 2.81. The number of benzene rings is 1. The predicted molar refractivity (Wildman–Crippen MR) is 56.8 cm³/mol. The fraction of sp³-hybridized carbons (Fsp3) is 0.182. The smallest absolute Gasteiger partial charge is 0.339 e. The molecule has 0 unspecified atom stereocenters. The fourth-order valence-corrected chi connectivity index (χ4v) is 0.976. The summed E-state index contributed by atoms with van der Waals surface area (Å²) in [6, 6.07) is 5.20. The van der Waals surface area contributed by atoms with E-state index in [9.17, 15) is 14.9 Å². The van der Waals surface area contributed by atoms with E-state index in [1.165, 1.54) is 24.3 Å². The van der Waals surface area contributed by atoms with Gasteiger partial charge in [0.2, 0.25) is 0 Å². The third kappa shape index (κ3) is 3.10. The Labute approximate surface area is 92.2 Å². The molecular formula is C11H9NO4. The van der Waals surface area contributed by atoms with Gasteiger partial charge >= 0.3 is 5.97 Å². The van der Waals surface area contributed by atoms with Crippen LogP contribution in [-0.4, -0.2) is 17.5 Å². The molecule has 0 N–H and O–H groups in total. The van der Waals surface area contributed by atoms with Crippen molar-refractivity contribution in [3.05, 3.63) is 39.9 Å². The second-order valence-electron chi connectivity index (χ2n) is 2.81. The number of nitro groups is 1. The van der Waals surface area contributed by atoms with E-state index in [2.05, 4.69) is 11.8 Å². The number of hydrogen-bond acceptors (Lipinski definition) is 4. The molecule has 0 bridgehead atoms. The number of carbonyl (C=O) groups excluding carboxylic acids is 1. The highest BCUT2D eigenvalue weighted by Crippen LogP contribution is 2.12. The number of nitrogens with zero attached hydrogens (tertiary/aromatic N) is 1. The van der Waals surface area contributed by atoms with Gasteiger partial charge in [0.05, 0.1) is 10.5 Å². The lowest BCUT2D eigenvalue weighted by atomic mass is 10.2. The highest BCUT2D eigenvalue weighted by molar-refractivity contribution is 5.89. The first kappa shape index (κ1) is 11.7. The molecule has 0 aliphatic carbocycles. The molecule has 0 radical (unpaired) electrons. The molecule has 0 spiro atoms. The number of rotatable bonds is 3. The van der Waals surface area contributed by atoms with Gasteiger partial charge in [-0.2, -0.15) is 0 Å². The van der Waals surface area contributed by atoms with Gasteiger partial charge < -0.3 is 4.74 Å². The molecule has 0 aliphatic rings. The summed E-state index contributed by atoms with van der Waals surface area (Å²) in [6.07, 6.45) is 0. The zero-order chi connectivity index (χ0) is 12.0. The van der Waals surface area contributed by atoms with Crippen molar-refractivity contribution in [1.82, 2.24) is 0 Å². The van der Waals surface area contributed by atoms with E-state index in [-0.39, 0.29) is 17.9 Å². The molecule has 0 fully saturated rings. The third-order valence-corrected chi connectivity index (χ3v) is 1.77. The average Bonchev–Trinajstić information content (AvgIpc) is 2.29. The lowest BCUT2D eigenvalue weighted by Gasteiger charge is -1.99. The Morgan fingerprint density at radius 1 is 1.44 bits per heavy atom. The Morgan fingerprint density at radius 2 is 2.06 bits per heavy atom. The molecule has 0 amide bonds. The van der Waals surface area contributed by atoms with E-state index >= 15 is 0 Å². The summed E-state index contributed by atoms with van der Waals surface area (Å²) >= 11 is 0. The van der Waals surface area contributed by atoms with Gasteiger partial charge in [0.15, 0.2) is 6.61 Å². The van der Waals surface area contributed by atoms with Gasteiger partial charge in [-0.25, -0.2) is 4.79 Å². The van der Waals surface area contributed by atoms with Crippen molar-refractivity contribution in [3.8, 4) is 11.8 Å². The molecule has 1 rings (SSSR count). The molecule has 0 heterocycles. The minimum atomic E-state index is -0.544. The van der Waals surface area contributed by atoms with E-state index in [1.54, 1.807) is 6.92 Å². The predicted octanol–water partition coefficient (Wildman–Crippen LogP) is 1.77. The summed E-state index contributed by atoms with van der Waals surface area (Å²) in [5.74, 6) is 4.62. The van der Waals surface area contributed by atoms with Crippen LogP contribution in [0, 0.1) is 22.0 Å². The van der Waals surface area contributed by atoms with Gasteiger partial charge in [0.1, 0.15) is 0 Å². The Bertz CT molecular complexity index is 453. The van der Waals surface area contributed by atoms with Crippen molar-refractivity contribution in [2.75, 3.05) is 6.61 Å². The van der Waals surface area contributed by atoms with Gasteiger partial charge in [0.25, 0.3) is 5.69 Å². The normalized spacial score (nSPS) is 8.81. The van der Waals surface area contributed by atoms with Gasteiger partial charge in [0, 0.05) is 12.1 Å². The summed E-state index contributed by atoms with van der Waals surface area (Å²) in [4.78, 5) is 21.2. The number of esters is 1. The Hall–Kier alpha value is -2.35. The zero-order valence-electron chi connectivity index (χ0n) is 8.60. The van der Waals surface area contributed by atoms with Gasteiger partial charge in [-0.1, -0.05) is 5.92 Å². The first-order valence-electron chi connectivity index (χ1n) is 4.46. The highest BCUT2D eigenvalue weighted by atomic mass is 16.6. The number of carbonyl (C=O) groups is 1. The van der Waals surface area contributed by atoms with Gasteiger partial charge in [-0.05, 0) is 19.1 Å². The SMILES string of the molecule is CC#CCOC(=O)c1ccc([N+](=O)[O-])cc1. The summed E-state index contributed by atoms with van der Waals surface area (Å²) in [5.41, 5.74) is 0.202. The maximum Gasteiger partial charge on any atom is 0.339 e. The molecule has 0 aliphatic heterocycles. The topological polar surface area (TPSA) is 69.4 Å². The molecule has 0 atom stereocenters. The van der Waals surface area contributed by atoms with Crippen LogP contribution >= 0.6 is 0 Å². The molecule has 0 saturated heterocycles. The first-order valence-corrected chi connectivity index (χ1v) is 4.46. The first-order chi connectivity index (χ1) is 7.65. The monoisotopic (exact) mass is 219 g/mol. The van der Waals surface area contributed by atoms with Crippen LogP contribution < -0.4 is 0 Å². The summed E-state index contributed by atoms with van der Waals surface area (Å²) in [5, 5.41) is 10.4.